The molecule has 1 saturated carbocycles. The second-order valence-electron chi connectivity index (χ2n) is 6.11. The number of carbonyl (C=O) groups excluding carboxylic acids is 1. The highest BCUT2D eigenvalue weighted by Gasteiger charge is 2.32. The third-order valence-corrected chi connectivity index (χ3v) is 4.64. The molecule has 1 aliphatic carbocycles. The lowest BCUT2D eigenvalue weighted by Gasteiger charge is -2.22. The first-order valence-electron chi connectivity index (χ1n) is 8.41. The van der Waals surface area contributed by atoms with E-state index < -0.39 is 0 Å². The van der Waals surface area contributed by atoms with E-state index in [1.165, 1.54) is 0 Å². The van der Waals surface area contributed by atoms with Crippen molar-refractivity contribution in [2.24, 2.45) is 17.6 Å². The molecule has 0 spiro atoms. The standard InChI is InChI=1S/C18H28N2O3/c1-4-23-16-9-8-13(10-17(16)22-3)12(2)20-18(21)15-7-5-6-14(15)11-19/h8-10,12,14-15H,4-7,11,19H2,1-3H3,(H,20,21)/t12?,14-,15-/m1/s1. The lowest BCUT2D eigenvalue weighted by Crippen LogP contribution is -2.36. The summed E-state index contributed by atoms with van der Waals surface area (Å²) in [5.74, 6) is 1.88. The highest BCUT2D eigenvalue weighted by Crippen LogP contribution is 2.33. The molecule has 2 rings (SSSR count). The third kappa shape index (κ3) is 4.16. The van der Waals surface area contributed by atoms with Gasteiger partial charge in [-0.05, 0) is 56.8 Å². The number of hydrogen-bond donors (Lipinski definition) is 2. The van der Waals surface area contributed by atoms with E-state index in [2.05, 4.69) is 5.32 Å². The van der Waals surface area contributed by atoms with E-state index in [-0.39, 0.29) is 17.9 Å². The number of ether oxygens (including phenoxy) is 2. The minimum atomic E-state index is -0.0777. The smallest absolute Gasteiger partial charge is 0.223 e. The van der Waals surface area contributed by atoms with Crippen LogP contribution in [0.15, 0.2) is 18.2 Å². The summed E-state index contributed by atoms with van der Waals surface area (Å²) in [4.78, 5) is 12.5. The number of nitrogens with two attached hydrogens (primary N) is 1. The van der Waals surface area contributed by atoms with Gasteiger partial charge in [-0.2, -0.15) is 0 Å². The summed E-state index contributed by atoms with van der Waals surface area (Å²) < 4.78 is 10.9. The second-order valence-corrected chi connectivity index (χ2v) is 6.11. The fourth-order valence-corrected chi connectivity index (χ4v) is 3.30. The first-order valence-corrected chi connectivity index (χ1v) is 8.41. The molecule has 1 aliphatic rings. The van der Waals surface area contributed by atoms with Crippen molar-refractivity contribution in [3.8, 4) is 11.5 Å². The monoisotopic (exact) mass is 320 g/mol. The lowest BCUT2D eigenvalue weighted by molar-refractivity contribution is -0.126. The molecule has 1 fully saturated rings. The van der Waals surface area contributed by atoms with Crippen LogP contribution in [-0.2, 0) is 4.79 Å². The average molecular weight is 320 g/mol. The Morgan fingerprint density at radius 2 is 2.17 bits per heavy atom. The summed E-state index contributed by atoms with van der Waals surface area (Å²) in [5, 5.41) is 3.11. The molecular weight excluding hydrogens is 292 g/mol. The van der Waals surface area contributed by atoms with Gasteiger partial charge in [0.2, 0.25) is 5.91 Å². The van der Waals surface area contributed by atoms with E-state index in [4.69, 9.17) is 15.2 Å². The van der Waals surface area contributed by atoms with E-state index >= 15 is 0 Å². The van der Waals surface area contributed by atoms with Crippen LogP contribution in [0.1, 0.15) is 44.7 Å². The Kier molecular flexibility index (Phi) is 6.28. The lowest BCUT2D eigenvalue weighted by atomic mass is 9.94. The van der Waals surface area contributed by atoms with E-state index in [0.717, 1.165) is 30.6 Å². The molecule has 128 valence electrons. The fraction of sp³-hybridized carbons (Fsp3) is 0.611. The average Bonchev–Trinajstić information content (AvgIpc) is 3.04. The second kappa shape index (κ2) is 8.20. The van der Waals surface area contributed by atoms with Crippen molar-refractivity contribution >= 4 is 5.91 Å². The molecule has 3 atom stereocenters. The van der Waals surface area contributed by atoms with Crippen LogP contribution in [0.25, 0.3) is 0 Å². The van der Waals surface area contributed by atoms with Crippen molar-refractivity contribution in [1.29, 1.82) is 0 Å². The van der Waals surface area contributed by atoms with Crippen LogP contribution in [0.2, 0.25) is 0 Å². The molecular formula is C18H28N2O3. The van der Waals surface area contributed by atoms with Crippen molar-refractivity contribution < 1.29 is 14.3 Å². The van der Waals surface area contributed by atoms with Crippen molar-refractivity contribution in [1.82, 2.24) is 5.32 Å². The number of rotatable bonds is 7. The van der Waals surface area contributed by atoms with Crippen molar-refractivity contribution in [3.63, 3.8) is 0 Å². The molecule has 23 heavy (non-hydrogen) atoms. The highest BCUT2D eigenvalue weighted by atomic mass is 16.5. The van der Waals surface area contributed by atoms with Gasteiger partial charge in [0.05, 0.1) is 19.8 Å². The zero-order valence-electron chi connectivity index (χ0n) is 14.3. The van der Waals surface area contributed by atoms with E-state index in [9.17, 15) is 4.79 Å². The summed E-state index contributed by atoms with van der Waals surface area (Å²) in [6, 6.07) is 5.70. The Hall–Kier alpha value is -1.75. The van der Waals surface area contributed by atoms with Gasteiger partial charge in [-0.25, -0.2) is 0 Å². The number of nitrogens with one attached hydrogen (secondary N) is 1. The summed E-state index contributed by atoms with van der Waals surface area (Å²) in [6.45, 7) is 5.10. The van der Waals surface area contributed by atoms with Gasteiger partial charge >= 0.3 is 0 Å². The predicted octanol–water partition coefficient (Wildman–Crippen LogP) is 2.65. The Bertz CT molecular complexity index is 533. The summed E-state index contributed by atoms with van der Waals surface area (Å²) in [5.41, 5.74) is 6.78. The van der Waals surface area contributed by atoms with Crippen LogP contribution in [0.5, 0.6) is 11.5 Å². The normalized spacial score (nSPS) is 21.7. The SMILES string of the molecule is CCOc1ccc(C(C)NC(=O)[C@@H]2CCC[C@@H]2CN)cc1OC. The molecule has 3 N–H and O–H groups in total. The highest BCUT2D eigenvalue weighted by molar-refractivity contribution is 5.79. The molecule has 1 aromatic rings. The minimum Gasteiger partial charge on any atom is -0.493 e. The molecule has 1 unspecified atom stereocenters. The van der Waals surface area contributed by atoms with E-state index in [1.54, 1.807) is 7.11 Å². The molecule has 0 aromatic heterocycles. The molecule has 0 heterocycles. The van der Waals surface area contributed by atoms with Crippen LogP contribution in [-0.4, -0.2) is 26.2 Å². The summed E-state index contributed by atoms with van der Waals surface area (Å²) in [7, 11) is 1.62. The fourth-order valence-electron chi connectivity index (χ4n) is 3.30. The van der Waals surface area contributed by atoms with Crippen molar-refractivity contribution in [3.05, 3.63) is 23.8 Å². The zero-order chi connectivity index (χ0) is 16.8. The van der Waals surface area contributed by atoms with Crippen LogP contribution in [0.3, 0.4) is 0 Å². The maximum absolute atomic E-state index is 12.5. The maximum Gasteiger partial charge on any atom is 0.223 e. The van der Waals surface area contributed by atoms with Crippen LogP contribution in [0, 0.1) is 11.8 Å². The molecule has 5 heteroatoms. The molecule has 1 aromatic carbocycles. The van der Waals surface area contributed by atoms with E-state index in [0.29, 0.717) is 24.8 Å². The van der Waals surface area contributed by atoms with Gasteiger partial charge in [0.1, 0.15) is 0 Å². The van der Waals surface area contributed by atoms with Gasteiger partial charge in [0.25, 0.3) is 0 Å². The van der Waals surface area contributed by atoms with Crippen molar-refractivity contribution in [2.45, 2.75) is 39.2 Å². The first-order chi connectivity index (χ1) is 11.1. The van der Waals surface area contributed by atoms with Crippen LogP contribution < -0.4 is 20.5 Å². The number of amides is 1. The van der Waals surface area contributed by atoms with Gasteiger partial charge < -0.3 is 20.5 Å². The van der Waals surface area contributed by atoms with Crippen LogP contribution >= 0.6 is 0 Å². The Labute approximate surface area is 138 Å². The largest absolute Gasteiger partial charge is 0.493 e. The quantitative estimate of drug-likeness (QED) is 0.810. The van der Waals surface area contributed by atoms with Gasteiger partial charge in [-0.15, -0.1) is 0 Å². The van der Waals surface area contributed by atoms with Gasteiger partial charge in [-0.1, -0.05) is 12.5 Å². The number of benzene rings is 1. The maximum atomic E-state index is 12.5. The van der Waals surface area contributed by atoms with Crippen LogP contribution in [0.4, 0.5) is 0 Å². The molecule has 1 amide bonds. The summed E-state index contributed by atoms with van der Waals surface area (Å²) >= 11 is 0. The Morgan fingerprint density at radius 1 is 1.39 bits per heavy atom. The zero-order valence-corrected chi connectivity index (χ0v) is 14.3. The number of methoxy groups -OCH3 is 1. The molecule has 5 nitrogen and oxygen atoms in total. The Balaban J connectivity index is 2.05. The topological polar surface area (TPSA) is 73.6 Å². The first kappa shape index (κ1) is 17.6. The van der Waals surface area contributed by atoms with E-state index in [1.807, 2.05) is 32.0 Å². The molecule has 0 saturated heterocycles. The van der Waals surface area contributed by atoms with Gasteiger partial charge in [0, 0.05) is 5.92 Å². The van der Waals surface area contributed by atoms with Gasteiger partial charge in [-0.3, -0.25) is 4.79 Å². The molecule has 0 bridgehead atoms. The predicted molar refractivity (Wildman–Crippen MR) is 90.6 cm³/mol. The Morgan fingerprint density at radius 3 is 2.83 bits per heavy atom. The molecule has 0 radical (unpaired) electrons. The number of carbonyl (C=O) groups is 1. The third-order valence-electron chi connectivity index (χ3n) is 4.64. The number of hydrogen-bond acceptors (Lipinski definition) is 4. The van der Waals surface area contributed by atoms with Gasteiger partial charge in [0.15, 0.2) is 11.5 Å². The summed E-state index contributed by atoms with van der Waals surface area (Å²) in [6.07, 6.45) is 3.08. The minimum absolute atomic E-state index is 0.0482. The van der Waals surface area contributed by atoms with Crippen molar-refractivity contribution in [2.75, 3.05) is 20.3 Å². The molecule has 0 aliphatic heterocycles.